The summed E-state index contributed by atoms with van der Waals surface area (Å²) in [6.45, 7) is 0.540. The second-order valence-electron chi connectivity index (χ2n) is 4.46. The van der Waals surface area contributed by atoms with E-state index in [0.717, 1.165) is 5.69 Å². The highest BCUT2D eigenvalue weighted by molar-refractivity contribution is 6.67. The molecule has 2 rings (SSSR count). The molecule has 1 aromatic carbocycles. The van der Waals surface area contributed by atoms with Gasteiger partial charge >= 0.3 is 0 Å². The van der Waals surface area contributed by atoms with Crippen LogP contribution in [0.1, 0.15) is 11.6 Å². The summed E-state index contributed by atoms with van der Waals surface area (Å²) >= 11 is 41.0. The minimum absolute atomic E-state index is 0.147. The number of rotatable bonds is 4. The van der Waals surface area contributed by atoms with Crippen molar-refractivity contribution in [1.82, 2.24) is 15.0 Å². The maximum absolute atomic E-state index is 5.88. The van der Waals surface area contributed by atoms with Gasteiger partial charge in [0.05, 0.1) is 0 Å². The van der Waals surface area contributed by atoms with Gasteiger partial charge in [0.25, 0.3) is 0 Å². The number of aromatic nitrogens is 3. The molecular weight excluding hydrogens is 460 g/mol. The van der Waals surface area contributed by atoms with E-state index < -0.39 is 7.59 Å². The number of para-hydroxylation sites is 1. The average Bonchev–Trinajstić information content (AvgIpc) is 2.51. The Kier molecular flexibility index (Phi) is 6.94. The summed E-state index contributed by atoms with van der Waals surface area (Å²) in [6.07, 6.45) is 0. The largest absolute Gasteiger partial charge is 0.383 e. The topological polar surface area (TPSA) is 50.7 Å². The number of nitrogens with one attached hydrogen (secondary N) is 1. The zero-order chi connectivity index (χ0) is 18.0. The highest BCUT2D eigenvalue weighted by Gasteiger charge is 2.34. The number of halogens is 7. The van der Waals surface area contributed by atoms with E-state index in [1.165, 1.54) is 0 Å². The smallest absolute Gasteiger partial charge is 0.250 e. The molecule has 0 atom stereocenters. The standard InChI is InChI=1S/C13H9Cl7N4/c14-5-6-21-8-4-2-1-3-7(8)9-22-10(12(15,16)17)24-11(23-9)13(18,19)20/h1-4,21H,5-6H2. The molecule has 4 nitrogen and oxygen atoms in total. The van der Waals surface area contributed by atoms with Crippen LogP contribution in [0.4, 0.5) is 5.69 Å². The Morgan fingerprint density at radius 1 is 0.833 bits per heavy atom. The van der Waals surface area contributed by atoms with Gasteiger partial charge in [0.1, 0.15) is 0 Å². The quantitative estimate of drug-likeness (QED) is 0.572. The lowest BCUT2D eigenvalue weighted by Gasteiger charge is -2.17. The SMILES string of the molecule is ClCCNc1ccccc1-c1nc(C(Cl)(Cl)Cl)nc(C(Cl)(Cl)Cl)n1. The maximum atomic E-state index is 5.88. The fourth-order valence-electron chi connectivity index (χ4n) is 1.76. The van der Waals surface area contributed by atoms with Crippen molar-refractivity contribution >= 4 is 86.9 Å². The molecule has 0 aliphatic heterocycles. The monoisotopic (exact) mass is 466 g/mol. The second kappa shape index (κ2) is 8.17. The first-order valence-corrected chi connectivity index (χ1v) is 9.23. The predicted octanol–water partition coefficient (Wildman–Crippen LogP) is 5.84. The summed E-state index contributed by atoms with van der Waals surface area (Å²) in [4.78, 5) is 12.3. The van der Waals surface area contributed by atoms with Crippen molar-refractivity contribution in [1.29, 1.82) is 0 Å². The molecule has 0 spiro atoms. The minimum atomic E-state index is -1.90. The molecule has 0 aliphatic rings. The fraction of sp³-hybridized carbons (Fsp3) is 0.308. The molecule has 0 saturated carbocycles. The Hall–Kier alpha value is 0.0600. The Bertz CT molecular complexity index is 680. The number of hydrogen-bond donors (Lipinski definition) is 1. The van der Waals surface area contributed by atoms with E-state index in [4.69, 9.17) is 81.2 Å². The number of anilines is 1. The van der Waals surface area contributed by atoms with Gasteiger partial charge < -0.3 is 5.32 Å². The van der Waals surface area contributed by atoms with Gasteiger partial charge in [0.2, 0.25) is 7.59 Å². The molecular formula is C13H9Cl7N4. The van der Waals surface area contributed by atoms with E-state index in [-0.39, 0.29) is 17.5 Å². The number of hydrogen-bond acceptors (Lipinski definition) is 4. The van der Waals surface area contributed by atoms with E-state index in [2.05, 4.69) is 20.3 Å². The van der Waals surface area contributed by atoms with Crippen molar-refractivity contribution in [3.8, 4) is 11.4 Å². The van der Waals surface area contributed by atoms with Crippen molar-refractivity contribution in [3.05, 3.63) is 35.9 Å². The Balaban J connectivity index is 2.62. The molecule has 1 aromatic heterocycles. The minimum Gasteiger partial charge on any atom is -0.383 e. The van der Waals surface area contributed by atoms with Crippen molar-refractivity contribution in [2.45, 2.75) is 7.59 Å². The number of benzene rings is 1. The van der Waals surface area contributed by atoms with E-state index in [1.54, 1.807) is 12.1 Å². The first-order valence-electron chi connectivity index (χ1n) is 6.42. The van der Waals surface area contributed by atoms with E-state index >= 15 is 0 Å². The third-order valence-electron chi connectivity index (χ3n) is 2.72. The molecule has 130 valence electrons. The molecule has 0 unspecified atom stereocenters. The van der Waals surface area contributed by atoms with Gasteiger partial charge in [-0.25, -0.2) is 15.0 Å². The zero-order valence-electron chi connectivity index (χ0n) is 11.7. The maximum Gasteiger partial charge on any atom is 0.250 e. The highest BCUT2D eigenvalue weighted by Crippen LogP contribution is 2.41. The van der Waals surface area contributed by atoms with Gasteiger partial charge in [-0.2, -0.15) is 0 Å². The molecule has 0 aliphatic carbocycles. The van der Waals surface area contributed by atoms with Gasteiger partial charge in [-0.1, -0.05) is 81.7 Å². The van der Waals surface area contributed by atoms with Crippen LogP contribution in [-0.2, 0) is 7.59 Å². The third kappa shape index (κ3) is 5.28. The Labute approximate surface area is 173 Å². The van der Waals surface area contributed by atoms with Crippen molar-refractivity contribution in [3.63, 3.8) is 0 Å². The van der Waals surface area contributed by atoms with Crippen LogP contribution in [0.3, 0.4) is 0 Å². The molecule has 1 heterocycles. The molecule has 1 N–H and O–H groups in total. The molecule has 0 bridgehead atoms. The van der Waals surface area contributed by atoms with Crippen LogP contribution in [0.2, 0.25) is 0 Å². The summed E-state index contributed by atoms with van der Waals surface area (Å²) in [7, 11) is 0. The van der Waals surface area contributed by atoms with E-state index in [0.29, 0.717) is 18.0 Å². The first kappa shape index (κ1) is 20.4. The van der Waals surface area contributed by atoms with Crippen molar-refractivity contribution in [2.24, 2.45) is 0 Å². The van der Waals surface area contributed by atoms with Crippen LogP contribution in [-0.4, -0.2) is 27.4 Å². The van der Waals surface area contributed by atoms with Gasteiger partial charge in [0, 0.05) is 23.7 Å². The summed E-state index contributed by atoms with van der Waals surface area (Å²) in [5, 5.41) is 3.15. The van der Waals surface area contributed by atoms with Gasteiger partial charge in [0.15, 0.2) is 17.5 Å². The van der Waals surface area contributed by atoms with Crippen molar-refractivity contribution in [2.75, 3.05) is 17.7 Å². The van der Waals surface area contributed by atoms with E-state index in [9.17, 15) is 0 Å². The highest BCUT2D eigenvalue weighted by atomic mass is 35.6. The van der Waals surface area contributed by atoms with Crippen LogP contribution in [0.25, 0.3) is 11.4 Å². The summed E-state index contributed by atoms with van der Waals surface area (Å²) in [6, 6.07) is 7.24. The third-order valence-corrected chi connectivity index (χ3v) is 3.92. The van der Waals surface area contributed by atoms with Gasteiger partial charge in [-0.3, -0.25) is 0 Å². The normalized spacial score (nSPS) is 12.3. The lowest BCUT2D eigenvalue weighted by molar-refractivity contribution is 0.851. The Morgan fingerprint density at radius 3 is 1.88 bits per heavy atom. The zero-order valence-corrected chi connectivity index (χ0v) is 17.0. The summed E-state index contributed by atoms with van der Waals surface area (Å²) in [5.41, 5.74) is 1.35. The average molecular weight is 469 g/mol. The number of alkyl halides is 7. The molecule has 0 fully saturated rings. The lowest BCUT2D eigenvalue weighted by atomic mass is 10.1. The molecule has 0 amide bonds. The molecule has 24 heavy (non-hydrogen) atoms. The fourth-order valence-corrected chi connectivity index (χ4v) is 2.37. The second-order valence-corrected chi connectivity index (χ2v) is 9.40. The summed E-state index contributed by atoms with van der Waals surface area (Å²) in [5.74, 6) is 0.326. The molecule has 11 heteroatoms. The predicted molar refractivity (Wildman–Crippen MR) is 103 cm³/mol. The van der Waals surface area contributed by atoms with Crippen LogP contribution < -0.4 is 5.32 Å². The molecule has 2 aromatic rings. The first-order chi connectivity index (χ1) is 11.1. The van der Waals surface area contributed by atoms with Gasteiger partial charge in [-0.05, 0) is 12.1 Å². The van der Waals surface area contributed by atoms with E-state index in [1.807, 2.05) is 12.1 Å². The van der Waals surface area contributed by atoms with Crippen molar-refractivity contribution < 1.29 is 0 Å². The molecule has 0 saturated heterocycles. The van der Waals surface area contributed by atoms with Crippen LogP contribution in [0.15, 0.2) is 24.3 Å². The van der Waals surface area contributed by atoms with Crippen LogP contribution in [0, 0.1) is 0 Å². The van der Waals surface area contributed by atoms with Crippen LogP contribution in [0.5, 0.6) is 0 Å². The Morgan fingerprint density at radius 2 is 1.38 bits per heavy atom. The van der Waals surface area contributed by atoms with Crippen LogP contribution >= 0.6 is 81.2 Å². The lowest BCUT2D eigenvalue weighted by Crippen LogP contribution is -2.17. The molecule has 0 radical (unpaired) electrons. The van der Waals surface area contributed by atoms with Gasteiger partial charge in [-0.15, -0.1) is 11.6 Å². The number of nitrogens with zero attached hydrogens (tertiary/aromatic N) is 3. The summed E-state index contributed by atoms with van der Waals surface area (Å²) < 4.78 is -3.80.